The summed E-state index contributed by atoms with van der Waals surface area (Å²) in [5.74, 6) is -4.17. The summed E-state index contributed by atoms with van der Waals surface area (Å²) >= 11 is 0. The third-order valence-corrected chi connectivity index (χ3v) is 8.73. The Morgan fingerprint density at radius 1 is 1.04 bits per heavy atom. The Kier molecular flexibility index (Phi) is 9.60. The molecule has 4 aromatic rings. The van der Waals surface area contributed by atoms with E-state index in [2.05, 4.69) is 25.4 Å². The second kappa shape index (κ2) is 13.8. The fourth-order valence-corrected chi connectivity index (χ4v) is 6.12. The van der Waals surface area contributed by atoms with Gasteiger partial charge in [-0.2, -0.15) is 18.3 Å². The van der Waals surface area contributed by atoms with Crippen LogP contribution >= 0.6 is 0 Å². The molecular formula is C33H33F5N6O4. The number of hydrogen-bond acceptors (Lipinski definition) is 7. The van der Waals surface area contributed by atoms with Crippen molar-refractivity contribution in [3.63, 3.8) is 0 Å². The highest BCUT2D eigenvalue weighted by molar-refractivity contribution is 6.13. The normalized spacial score (nSPS) is 16.6. The average molecular weight is 673 g/mol. The molecule has 2 amide bonds. The molecule has 2 N–H and O–H groups in total. The second-order valence-electron chi connectivity index (χ2n) is 12.0. The zero-order valence-corrected chi connectivity index (χ0v) is 25.9. The van der Waals surface area contributed by atoms with E-state index in [4.69, 9.17) is 9.47 Å². The van der Waals surface area contributed by atoms with Crippen molar-refractivity contribution >= 4 is 34.4 Å². The van der Waals surface area contributed by atoms with E-state index < -0.39 is 35.7 Å². The third-order valence-electron chi connectivity index (χ3n) is 8.73. The fraction of sp³-hybridized carbons (Fsp3) is 0.394. The maximum atomic E-state index is 14.1. The Balaban J connectivity index is 1.33. The predicted molar refractivity (Wildman–Crippen MR) is 166 cm³/mol. The number of rotatable bonds is 8. The number of hydrogen-bond donors (Lipinski definition) is 2. The molecule has 0 saturated carbocycles. The highest BCUT2D eigenvalue weighted by Gasteiger charge is 2.46. The minimum atomic E-state index is -5.19. The summed E-state index contributed by atoms with van der Waals surface area (Å²) < 4.78 is 80.9. The van der Waals surface area contributed by atoms with E-state index in [0.717, 1.165) is 49.7 Å². The van der Waals surface area contributed by atoms with Crippen LogP contribution in [-0.2, 0) is 16.1 Å². The topological polar surface area (TPSA) is 113 Å². The molecule has 4 heterocycles. The van der Waals surface area contributed by atoms with Gasteiger partial charge in [-0.15, -0.1) is 0 Å². The number of fused-ring (bicyclic) bond motifs is 1. The minimum Gasteiger partial charge on any atom is -0.473 e. The van der Waals surface area contributed by atoms with Gasteiger partial charge in [0.15, 0.2) is 5.82 Å². The number of nitrogens with one attached hydrogen (secondary N) is 2. The zero-order chi connectivity index (χ0) is 34.0. The van der Waals surface area contributed by atoms with Crippen molar-refractivity contribution in [3.8, 4) is 5.88 Å². The minimum absolute atomic E-state index is 0.0210. The lowest BCUT2D eigenvalue weighted by atomic mass is 9.88. The van der Waals surface area contributed by atoms with Crippen LogP contribution in [-0.4, -0.2) is 77.5 Å². The van der Waals surface area contributed by atoms with E-state index >= 15 is 0 Å². The lowest BCUT2D eigenvalue weighted by Crippen LogP contribution is -2.50. The van der Waals surface area contributed by atoms with Crippen LogP contribution in [0.4, 0.5) is 33.5 Å². The Labute approximate surface area is 272 Å². The van der Waals surface area contributed by atoms with Gasteiger partial charge >= 0.3 is 12.1 Å². The second-order valence-corrected chi connectivity index (χ2v) is 12.0. The number of likely N-dealkylation sites (tertiary alicyclic amines) is 1. The Morgan fingerprint density at radius 3 is 2.52 bits per heavy atom. The SMILES string of the molecule is CN1CCC(c2ccc(C(=O)Nc3n[nH]c4ccc(OCc5cc(F)ccc5F)nc34)c(N(C(=O)C(F)(F)F)C3CCOCC3)c2)CC1. The van der Waals surface area contributed by atoms with E-state index in [-0.39, 0.29) is 72.6 Å². The van der Waals surface area contributed by atoms with Gasteiger partial charge in [0.05, 0.1) is 16.8 Å². The monoisotopic (exact) mass is 672 g/mol. The molecule has 2 aromatic carbocycles. The van der Waals surface area contributed by atoms with Crippen molar-refractivity contribution in [1.82, 2.24) is 20.1 Å². The molecule has 0 aliphatic carbocycles. The largest absolute Gasteiger partial charge is 0.473 e. The number of amides is 2. The number of pyridine rings is 1. The first-order chi connectivity index (χ1) is 23.0. The number of benzene rings is 2. The molecule has 2 fully saturated rings. The van der Waals surface area contributed by atoms with E-state index in [9.17, 15) is 31.5 Å². The first kappa shape index (κ1) is 33.3. The van der Waals surface area contributed by atoms with Gasteiger partial charge in [-0.1, -0.05) is 6.07 Å². The Morgan fingerprint density at radius 2 is 1.79 bits per heavy atom. The number of nitrogens with zero attached hydrogens (tertiary/aromatic N) is 4. The smallest absolute Gasteiger partial charge is 0.471 e. The summed E-state index contributed by atoms with van der Waals surface area (Å²) in [6.45, 7) is 1.61. The molecule has 2 aliphatic heterocycles. The van der Waals surface area contributed by atoms with Crippen molar-refractivity contribution in [3.05, 3.63) is 76.9 Å². The standard InChI is InChI=1S/C33H33F5N6O4/c1-43-12-8-19(9-13-43)20-2-4-24(27(17-20)44(32(46)33(36,37)38)23-10-14-47-15-11-23)31(45)40-30-29-26(41-42-30)6-7-28(39-29)48-18-21-16-22(34)3-5-25(21)35/h2-7,16-17,19,23H,8-15,18H2,1H3,(H2,40,41,42,45). The van der Waals surface area contributed by atoms with Gasteiger partial charge in [0.1, 0.15) is 23.8 Å². The van der Waals surface area contributed by atoms with Crippen LogP contribution in [0.1, 0.15) is 53.1 Å². The van der Waals surface area contributed by atoms with Crippen molar-refractivity contribution in [2.24, 2.45) is 0 Å². The molecule has 0 radical (unpaired) electrons. The molecule has 2 saturated heterocycles. The van der Waals surface area contributed by atoms with Gasteiger partial charge in [0.2, 0.25) is 5.88 Å². The van der Waals surface area contributed by atoms with Gasteiger partial charge in [0.25, 0.3) is 5.91 Å². The van der Waals surface area contributed by atoms with Crippen LogP contribution in [0.15, 0.2) is 48.5 Å². The number of carbonyl (C=O) groups excluding carboxylic acids is 2. The number of anilines is 2. The van der Waals surface area contributed by atoms with Crippen LogP contribution in [0, 0.1) is 11.6 Å². The molecule has 0 spiro atoms. The number of aromatic amines is 1. The van der Waals surface area contributed by atoms with E-state index in [1.165, 1.54) is 18.2 Å². The number of aromatic nitrogens is 3. The molecular weight excluding hydrogens is 639 g/mol. The Hall–Kier alpha value is -4.63. The molecule has 2 aromatic heterocycles. The van der Waals surface area contributed by atoms with Crippen LogP contribution < -0.4 is 15.0 Å². The van der Waals surface area contributed by atoms with Gasteiger partial charge in [-0.05, 0) is 93.7 Å². The summed E-state index contributed by atoms with van der Waals surface area (Å²) in [7, 11) is 2.00. The molecule has 48 heavy (non-hydrogen) atoms. The fourth-order valence-electron chi connectivity index (χ4n) is 6.12. The molecule has 2 aliphatic rings. The van der Waals surface area contributed by atoms with E-state index in [1.54, 1.807) is 12.1 Å². The quantitative estimate of drug-likeness (QED) is 0.223. The van der Waals surface area contributed by atoms with Crippen molar-refractivity contribution in [2.45, 2.75) is 50.4 Å². The number of piperidine rings is 1. The molecule has 0 atom stereocenters. The lowest BCUT2D eigenvalue weighted by molar-refractivity contribution is -0.171. The average Bonchev–Trinajstić information content (AvgIpc) is 3.47. The van der Waals surface area contributed by atoms with E-state index in [1.807, 2.05) is 7.05 Å². The maximum absolute atomic E-state index is 14.1. The van der Waals surface area contributed by atoms with Gasteiger partial charge in [-0.25, -0.2) is 13.8 Å². The summed E-state index contributed by atoms with van der Waals surface area (Å²) in [4.78, 5) is 34.1. The van der Waals surface area contributed by atoms with E-state index in [0.29, 0.717) is 10.4 Å². The maximum Gasteiger partial charge on any atom is 0.471 e. The van der Waals surface area contributed by atoms with Gasteiger partial charge in [0, 0.05) is 30.9 Å². The summed E-state index contributed by atoms with van der Waals surface area (Å²) in [5.41, 5.74) is 0.954. The van der Waals surface area contributed by atoms with Crippen LogP contribution in [0.25, 0.3) is 11.0 Å². The van der Waals surface area contributed by atoms with Gasteiger partial charge in [-0.3, -0.25) is 14.7 Å². The first-order valence-electron chi connectivity index (χ1n) is 15.5. The molecule has 0 unspecified atom stereocenters. The Bertz CT molecular complexity index is 1800. The molecule has 254 valence electrons. The number of H-pyrrole nitrogens is 1. The molecule has 15 heteroatoms. The van der Waals surface area contributed by atoms with Gasteiger partial charge < -0.3 is 24.6 Å². The number of alkyl halides is 3. The number of ether oxygens (including phenoxy) is 2. The van der Waals surface area contributed by atoms with Crippen LogP contribution in [0.3, 0.4) is 0 Å². The number of carbonyl (C=O) groups is 2. The van der Waals surface area contributed by atoms with Crippen molar-refractivity contribution < 1.29 is 41.0 Å². The van der Waals surface area contributed by atoms with Crippen LogP contribution in [0.2, 0.25) is 0 Å². The van der Waals surface area contributed by atoms with Crippen molar-refractivity contribution in [2.75, 3.05) is 43.6 Å². The zero-order valence-electron chi connectivity index (χ0n) is 25.9. The molecule has 6 rings (SSSR count). The highest BCUT2D eigenvalue weighted by Crippen LogP contribution is 2.37. The molecule has 10 nitrogen and oxygen atoms in total. The predicted octanol–water partition coefficient (Wildman–Crippen LogP) is 5.95. The lowest BCUT2D eigenvalue weighted by Gasteiger charge is -2.36. The highest BCUT2D eigenvalue weighted by atomic mass is 19.4. The third kappa shape index (κ3) is 7.26. The molecule has 0 bridgehead atoms. The number of halogens is 5. The summed E-state index contributed by atoms with van der Waals surface area (Å²) in [6.07, 6.45) is -3.32. The summed E-state index contributed by atoms with van der Waals surface area (Å²) in [5, 5.41) is 9.46. The summed E-state index contributed by atoms with van der Waals surface area (Å²) in [6, 6.07) is 9.83. The van der Waals surface area contributed by atoms with Crippen molar-refractivity contribution in [1.29, 1.82) is 0 Å². The first-order valence-corrected chi connectivity index (χ1v) is 15.5. The van der Waals surface area contributed by atoms with Crippen LogP contribution in [0.5, 0.6) is 5.88 Å².